The number of nitrogens with zero attached hydrogens (tertiary/aromatic N) is 1. The van der Waals surface area contributed by atoms with E-state index in [0.717, 1.165) is 27.4 Å². The van der Waals surface area contributed by atoms with Crippen molar-refractivity contribution in [3.05, 3.63) is 107 Å². The number of hydrogen-bond acceptors (Lipinski definition) is 3. The Morgan fingerprint density at radius 1 is 0.793 bits per heavy atom. The summed E-state index contributed by atoms with van der Waals surface area (Å²) in [6, 6.07) is 27.8. The molecule has 0 spiro atoms. The lowest BCUT2D eigenvalue weighted by atomic mass is 10.0. The van der Waals surface area contributed by atoms with Crippen LogP contribution in [0.4, 0.5) is 5.69 Å². The lowest BCUT2D eigenvalue weighted by molar-refractivity contribution is 0.906. The third-order valence-electron chi connectivity index (χ3n) is 4.93. The number of pyridine rings is 1. The second-order valence-electron chi connectivity index (χ2n) is 6.96. The smallest absolute Gasteiger partial charge is 0.271 e. The van der Waals surface area contributed by atoms with Crippen LogP contribution >= 0.6 is 11.8 Å². The molecule has 0 radical (unpaired) electrons. The highest BCUT2D eigenvalue weighted by Gasteiger charge is 2.20. The molecule has 0 aliphatic rings. The van der Waals surface area contributed by atoms with Gasteiger partial charge in [0.25, 0.3) is 5.56 Å². The number of benzene rings is 3. The Morgan fingerprint density at radius 2 is 1.38 bits per heavy atom. The van der Waals surface area contributed by atoms with E-state index >= 15 is 0 Å². The number of aromatic nitrogens is 1. The molecule has 0 atom stereocenters. The molecule has 0 saturated heterocycles. The summed E-state index contributed by atoms with van der Waals surface area (Å²) in [7, 11) is 0. The van der Waals surface area contributed by atoms with E-state index in [1.54, 1.807) is 4.57 Å². The van der Waals surface area contributed by atoms with Crippen molar-refractivity contribution < 1.29 is 0 Å². The van der Waals surface area contributed by atoms with Crippen molar-refractivity contribution in [3.63, 3.8) is 0 Å². The molecule has 1 heterocycles. The maximum absolute atomic E-state index is 13.5. The van der Waals surface area contributed by atoms with Gasteiger partial charge in [-0.1, -0.05) is 78.0 Å². The molecular weight excluding hydrogens is 376 g/mol. The number of nitrogen functional groups attached to an aromatic ring is 1. The van der Waals surface area contributed by atoms with Gasteiger partial charge in [0.15, 0.2) is 0 Å². The first-order valence-electron chi connectivity index (χ1n) is 9.46. The van der Waals surface area contributed by atoms with Crippen LogP contribution in [-0.2, 0) is 0 Å². The number of hydrogen-bond donors (Lipinski definition) is 1. The number of aryl methyl sites for hydroxylation is 1. The molecule has 1 aromatic heterocycles. The molecule has 2 N–H and O–H groups in total. The molecule has 0 saturated carbocycles. The molecule has 0 amide bonds. The first-order chi connectivity index (χ1) is 14.1. The van der Waals surface area contributed by atoms with Crippen molar-refractivity contribution in [2.45, 2.75) is 23.6 Å². The van der Waals surface area contributed by atoms with Crippen LogP contribution in [-0.4, -0.2) is 4.57 Å². The normalized spacial score (nSPS) is 10.8. The van der Waals surface area contributed by atoms with Crippen molar-refractivity contribution >= 4 is 17.4 Å². The fourth-order valence-electron chi connectivity index (χ4n) is 3.47. The summed E-state index contributed by atoms with van der Waals surface area (Å²) in [4.78, 5) is 15.1. The van der Waals surface area contributed by atoms with E-state index < -0.39 is 0 Å². The van der Waals surface area contributed by atoms with Crippen LogP contribution in [0.3, 0.4) is 0 Å². The van der Waals surface area contributed by atoms with Gasteiger partial charge in [-0.3, -0.25) is 9.36 Å². The number of para-hydroxylation sites is 1. The van der Waals surface area contributed by atoms with Gasteiger partial charge >= 0.3 is 0 Å². The standard InChI is InChI=1S/C25H22N2OS/c1-17-13-15-21(16-14-17)29-24-23(26)22(19-9-5-3-6-10-19)18(2)27(25(24)28)20-11-7-4-8-12-20/h3-16H,26H2,1-2H3. The first-order valence-corrected chi connectivity index (χ1v) is 10.3. The summed E-state index contributed by atoms with van der Waals surface area (Å²) in [6.45, 7) is 4.00. The largest absolute Gasteiger partial charge is 0.397 e. The fourth-order valence-corrected chi connectivity index (χ4v) is 4.37. The number of rotatable bonds is 4. The minimum atomic E-state index is -0.101. The van der Waals surface area contributed by atoms with Gasteiger partial charge in [0.2, 0.25) is 0 Å². The van der Waals surface area contributed by atoms with E-state index in [0.29, 0.717) is 10.6 Å². The molecule has 0 aliphatic carbocycles. The summed E-state index contributed by atoms with van der Waals surface area (Å²) in [5.41, 5.74) is 11.8. The van der Waals surface area contributed by atoms with Crippen molar-refractivity contribution in [1.82, 2.24) is 4.57 Å². The van der Waals surface area contributed by atoms with Gasteiger partial charge in [0.05, 0.1) is 5.69 Å². The van der Waals surface area contributed by atoms with E-state index in [1.807, 2.05) is 98.8 Å². The predicted molar refractivity (Wildman–Crippen MR) is 122 cm³/mol. The molecule has 144 valence electrons. The van der Waals surface area contributed by atoms with Crippen molar-refractivity contribution in [2.75, 3.05) is 5.73 Å². The maximum atomic E-state index is 13.5. The topological polar surface area (TPSA) is 48.0 Å². The van der Waals surface area contributed by atoms with Crippen LogP contribution in [0.5, 0.6) is 0 Å². The zero-order valence-electron chi connectivity index (χ0n) is 16.4. The predicted octanol–water partition coefficient (Wildman–Crippen LogP) is 5.85. The lowest BCUT2D eigenvalue weighted by Crippen LogP contribution is -2.24. The monoisotopic (exact) mass is 398 g/mol. The van der Waals surface area contributed by atoms with Crippen LogP contribution < -0.4 is 11.3 Å². The highest BCUT2D eigenvalue weighted by Crippen LogP contribution is 2.38. The third kappa shape index (κ3) is 3.71. The van der Waals surface area contributed by atoms with Crippen molar-refractivity contribution in [1.29, 1.82) is 0 Å². The van der Waals surface area contributed by atoms with Crippen molar-refractivity contribution in [3.8, 4) is 16.8 Å². The molecule has 3 aromatic carbocycles. The van der Waals surface area contributed by atoms with Crippen LogP contribution in [0.25, 0.3) is 16.8 Å². The van der Waals surface area contributed by atoms with E-state index in [2.05, 4.69) is 0 Å². The average molecular weight is 399 g/mol. The van der Waals surface area contributed by atoms with Gasteiger partial charge in [-0.25, -0.2) is 0 Å². The quantitative estimate of drug-likeness (QED) is 0.469. The van der Waals surface area contributed by atoms with E-state index in [1.165, 1.54) is 17.3 Å². The van der Waals surface area contributed by atoms with E-state index in [-0.39, 0.29) is 5.56 Å². The Balaban J connectivity index is 1.99. The first kappa shape index (κ1) is 19.1. The number of anilines is 1. The molecule has 0 aliphatic heterocycles. The van der Waals surface area contributed by atoms with Crippen LogP contribution in [0.1, 0.15) is 11.3 Å². The van der Waals surface area contributed by atoms with Crippen LogP contribution in [0.15, 0.2) is 99.5 Å². The minimum absolute atomic E-state index is 0.101. The van der Waals surface area contributed by atoms with Crippen molar-refractivity contribution in [2.24, 2.45) is 0 Å². The molecule has 0 fully saturated rings. The Hall–Kier alpha value is -3.24. The molecule has 0 unspecified atom stereocenters. The Labute approximate surface area is 174 Å². The molecule has 4 heteroatoms. The average Bonchev–Trinajstić information content (AvgIpc) is 2.74. The van der Waals surface area contributed by atoms with Gasteiger partial charge in [-0.2, -0.15) is 0 Å². The summed E-state index contributed by atoms with van der Waals surface area (Å²) in [6.07, 6.45) is 0. The highest BCUT2D eigenvalue weighted by atomic mass is 32.2. The van der Waals surface area contributed by atoms with Gasteiger partial charge in [0.1, 0.15) is 4.90 Å². The summed E-state index contributed by atoms with van der Waals surface area (Å²) in [5.74, 6) is 0. The van der Waals surface area contributed by atoms with Gasteiger partial charge < -0.3 is 5.73 Å². The van der Waals surface area contributed by atoms with Crippen LogP contribution in [0.2, 0.25) is 0 Å². The fraction of sp³-hybridized carbons (Fsp3) is 0.0800. The zero-order valence-corrected chi connectivity index (χ0v) is 17.2. The molecule has 4 rings (SSSR count). The highest BCUT2D eigenvalue weighted by molar-refractivity contribution is 7.99. The minimum Gasteiger partial charge on any atom is -0.397 e. The van der Waals surface area contributed by atoms with Gasteiger partial charge in [0, 0.05) is 21.8 Å². The maximum Gasteiger partial charge on any atom is 0.271 e. The SMILES string of the molecule is Cc1ccc(Sc2c(N)c(-c3ccccc3)c(C)n(-c3ccccc3)c2=O)cc1. The van der Waals surface area contributed by atoms with E-state index in [9.17, 15) is 4.79 Å². The van der Waals surface area contributed by atoms with E-state index in [4.69, 9.17) is 5.73 Å². The summed E-state index contributed by atoms with van der Waals surface area (Å²) in [5, 5.41) is 0. The molecule has 3 nitrogen and oxygen atoms in total. The second-order valence-corrected chi connectivity index (χ2v) is 8.04. The number of nitrogens with two attached hydrogens (primary N) is 1. The third-order valence-corrected chi connectivity index (χ3v) is 6.03. The van der Waals surface area contributed by atoms with Gasteiger partial charge in [-0.15, -0.1) is 0 Å². The van der Waals surface area contributed by atoms with Gasteiger partial charge in [-0.05, 0) is 43.7 Å². The summed E-state index contributed by atoms with van der Waals surface area (Å²) >= 11 is 1.42. The molecular formula is C25H22N2OS. The zero-order chi connectivity index (χ0) is 20.4. The Bertz CT molecular complexity index is 1200. The van der Waals surface area contributed by atoms with Crippen LogP contribution in [0, 0.1) is 13.8 Å². The second kappa shape index (κ2) is 8.02. The molecule has 4 aromatic rings. The molecule has 29 heavy (non-hydrogen) atoms. The Kier molecular flexibility index (Phi) is 5.28. The Morgan fingerprint density at radius 3 is 2.00 bits per heavy atom. The molecule has 0 bridgehead atoms. The lowest BCUT2D eigenvalue weighted by Gasteiger charge is -2.20. The summed E-state index contributed by atoms with van der Waals surface area (Å²) < 4.78 is 1.76.